The molecule has 0 saturated carbocycles. The molecule has 134 valence electrons. The zero-order chi connectivity index (χ0) is 18.6. The van der Waals surface area contributed by atoms with Crippen LogP contribution in [0.3, 0.4) is 0 Å². The van der Waals surface area contributed by atoms with Gasteiger partial charge in [0.15, 0.2) is 5.78 Å². The Bertz CT molecular complexity index is 936. The first-order valence-electron chi connectivity index (χ1n) is 8.44. The molecule has 1 aliphatic carbocycles. The first-order valence-corrected chi connectivity index (χ1v) is 8.44. The average Bonchev–Trinajstić information content (AvgIpc) is 3.03. The summed E-state index contributed by atoms with van der Waals surface area (Å²) in [5.41, 5.74) is 2.63. The summed E-state index contributed by atoms with van der Waals surface area (Å²) in [4.78, 5) is 24.7. The highest BCUT2D eigenvalue weighted by Gasteiger charge is 2.59. The number of hydrogen-bond donors (Lipinski definition) is 2. The summed E-state index contributed by atoms with van der Waals surface area (Å²) in [5.74, 6) is -2.08. The number of methoxy groups -OCH3 is 1. The van der Waals surface area contributed by atoms with Gasteiger partial charge in [-0.25, -0.2) is 4.79 Å². The molecule has 1 aliphatic heterocycles. The quantitative estimate of drug-likeness (QED) is 0.863. The molecule has 0 saturated heterocycles. The summed E-state index contributed by atoms with van der Waals surface area (Å²) in [6.45, 7) is 4.13. The SMILES string of the molecule is COC(=O)Nc1cccc2c1C(=O)[C@@H]1c3ccc(C(C)C)cc3O[C@]21O. The second-order valence-electron chi connectivity index (χ2n) is 6.89. The standard InChI is InChI=1S/C20H19NO5/c1-10(2)11-7-8-12-15(9-11)26-20(24)13-5-4-6-14(21-19(23)25-3)16(13)18(22)17(12)20/h4-10,17,24H,1-3H3,(H,21,23)/t17-,20+/m0/s1. The van der Waals surface area contributed by atoms with Crippen LogP contribution in [0.15, 0.2) is 36.4 Å². The summed E-state index contributed by atoms with van der Waals surface area (Å²) in [7, 11) is 1.24. The first-order chi connectivity index (χ1) is 12.4. The van der Waals surface area contributed by atoms with E-state index in [-0.39, 0.29) is 11.3 Å². The van der Waals surface area contributed by atoms with Crippen molar-refractivity contribution in [2.75, 3.05) is 12.4 Å². The van der Waals surface area contributed by atoms with Gasteiger partial charge in [0.25, 0.3) is 0 Å². The Labute approximate surface area is 150 Å². The van der Waals surface area contributed by atoms with Crippen LogP contribution in [0.4, 0.5) is 10.5 Å². The van der Waals surface area contributed by atoms with E-state index in [1.807, 2.05) is 18.2 Å². The number of ketones is 1. The number of benzene rings is 2. The molecule has 1 heterocycles. The van der Waals surface area contributed by atoms with Crippen molar-refractivity contribution >= 4 is 17.6 Å². The molecular weight excluding hydrogens is 334 g/mol. The number of carbonyl (C=O) groups is 2. The van der Waals surface area contributed by atoms with Crippen molar-refractivity contribution in [2.45, 2.75) is 31.5 Å². The highest BCUT2D eigenvalue weighted by atomic mass is 16.6. The summed E-state index contributed by atoms with van der Waals surface area (Å²) in [5, 5.41) is 13.8. The summed E-state index contributed by atoms with van der Waals surface area (Å²) < 4.78 is 10.5. The fourth-order valence-electron chi connectivity index (χ4n) is 3.73. The van der Waals surface area contributed by atoms with Gasteiger partial charge in [0, 0.05) is 11.1 Å². The topological polar surface area (TPSA) is 84.9 Å². The summed E-state index contributed by atoms with van der Waals surface area (Å²) >= 11 is 0. The third-order valence-electron chi connectivity index (χ3n) is 5.05. The van der Waals surface area contributed by atoms with Crippen molar-refractivity contribution in [3.8, 4) is 5.75 Å². The number of amides is 1. The number of hydrogen-bond acceptors (Lipinski definition) is 5. The number of aliphatic hydroxyl groups is 1. The Hall–Kier alpha value is -2.86. The predicted molar refractivity (Wildman–Crippen MR) is 94.6 cm³/mol. The van der Waals surface area contributed by atoms with Crippen molar-refractivity contribution in [3.05, 3.63) is 58.7 Å². The number of nitrogens with one attached hydrogen (secondary N) is 1. The average molecular weight is 353 g/mol. The van der Waals surface area contributed by atoms with Crippen molar-refractivity contribution in [2.24, 2.45) is 0 Å². The zero-order valence-corrected chi connectivity index (χ0v) is 14.7. The Morgan fingerprint density at radius 3 is 2.77 bits per heavy atom. The van der Waals surface area contributed by atoms with Gasteiger partial charge >= 0.3 is 6.09 Å². The van der Waals surface area contributed by atoms with E-state index in [9.17, 15) is 14.7 Å². The fourth-order valence-corrected chi connectivity index (χ4v) is 3.73. The minimum absolute atomic E-state index is 0.254. The lowest BCUT2D eigenvalue weighted by molar-refractivity contribution is -0.134. The molecule has 0 fully saturated rings. The molecule has 26 heavy (non-hydrogen) atoms. The lowest BCUT2D eigenvalue weighted by Gasteiger charge is -2.22. The van der Waals surface area contributed by atoms with Crippen LogP contribution >= 0.6 is 0 Å². The van der Waals surface area contributed by atoms with Crippen molar-refractivity contribution in [1.29, 1.82) is 0 Å². The molecule has 2 aromatic carbocycles. The van der Waals surface area contributed by atoms with E-state index in [0.717, 1.165) is 5.56 Å². The second kappa shape index (κ2) is 5.57. The number of ether oxygens (including phenoxy) is 2. The van der Waals surface area contributed by atoms with Crippen LogP contribution in [0.2, 0.25) is 0 Å². The molecule has 2 aromatic rings. The number of Topliss-reactive ketones (excluding diaryl/α,β-unsaturated/α-hetero) is 1. The van der Waals surface area contributed by atoms with Gasteiger partial charge in [-0.3, -0.25) is 10.1 Å². The minimum Gasteiger partial charge on any atom is -0.457 e. The van der Waals surface area contributed by atoms with Gasteiger partial charge in [-0.15, -0.1) is 0 Å². The predicted octanol–water partition coefficient (Wildman–Crippen LogP) is 3.51. The largest absolute Gasteiger partial charge is 0.457 e. The van der Waals surface area contributed by atoms with E-state index in [1.165, 1.54) is 7.11 Å². The molecule has 0 unspecified atom stereocenters. The molecule has 1 amide bonds. The van der Waals surface area contributed by atoms with Crippen LogP contribution < -0.4 is 10.1 Å². The molecule has 0 bridgehead atoms. The Kier molecular flexibility index (Phi) is 3.56. The molecular formula is C20H19NO5. The monoisotopic (exact) mass is 353 g/mol. The van der Waals surface area contributed by atoms with Crippen LogP contribution in [0.25, 0.3) is 0 Å². The van der Waals surface area contributed by atoms with Gasteiger partial charge in [0.05, 0.1) is 18.4 Å². The van der Waals surface area contributed by atoms with Gasteiger partial charge in [-0.2, -0.15) is 0 Å². The number of rotatable bonds is 2. The fraction of sp³-hybridized carbons (Fsp3) is 0.300. The van der Waals surface area contributed by atoms with E-state index in [4.69, 9.17) is 4.74 Å². The Morgan fingerprint density at radius 2 is 2.08 bits per heavy atom. The second-order valence-corrected chi connectivity index (χ2v) is 6.89. The number of anilines is 1. The third kappa shape index (κ3) is 2.15. The van der Waals surface area contributed by atoms with Crippen LogP contribution in [0.5, 0.6) is 5.75 Å². The Balaban J connectivity index is 1.82. The van der Waals surface area contributed by atoms with Crippen LogP contribution in [0, 0.1) is 0 Å². The minimum atomic E-state index is -1.77. The number of fused-ring (bicyclic) bond motifs is 5. The van der Waals surface area contributed by atoms with Gasteiger partial charge in [-0.1, -0.05) is 38.1 Å². The smallest absolute Gasteiger partial charge is 0.411 e. The molecule has 6 heteroatoms. The molecule has 0 aromatic heterocycles. The van der Waals surface area contributed by atoms with E-state index in [2.05, 4.69) is 23.9 Å². The maximum atomic E-state index is 13.1. The van der Waals surface area contributed by atoms with E-state index in [0.29, 0.717) is 28.5 Å². The highest BCUT2D eigenvalue weighted by molar-refractivity contribution is 6.12. The molecule has 2 atom stereocenters. The maximum Gasteiger partial charge on any atom is 0.411 e. The van der Waals surface area contributed by atoms with Gasteiger partial charge < -0.3 is 14.6 Å². The van der Waals surface area contributed by atoms with Crippen molar-refractivity contribution in [1.82, 2.24) is 0 Å². The lowest BCUT2D eigenvalue weighted by atomic mass is 9.91. The van der Waals surface area contributed by atoms with E-state index < -0.39 is 17.8 Å². The zero-order valence-electron chi connectivity index (χ0n) is 14.7. The molecule has 0 spiro atoms. The van der Waals surface area contributed by atoms with Gasteiger partial charge in [0.1, 0.15) is 11.7 Å². The highest BCUT2D eigenvalue weighted by Crippen LogP contribution is 2.56. The normalized spacial score (nSPS) is 22.5. The number of carbonyl (C=O) groups excluding carboxylic acids is 2. The van der Waals surface area contributed by atoms with E-state index in [1.54, 1.807) is 18.2 Å². The van der Waals surface area contributed by atoms with Crippen molar-refractivity contribution in [3.63, 3.8) is 0 Å². The van der Waals surface area contributed by atoms with E-state index >= 15 is 0 Å². The molecule has 4 rings (SSSR count). The Morgan fingerprint density at radius 1 is 1.31 bits per heavy atom. The molecule has 6 nitrogen and oxygen atoms in total. The van der Waals surface area contributed by atoms with Gasteiger partial charge in [-0.05, 0) is 23.6 Å². The first kappa shape index (κ1) is 16.6. The van der Waals surface area contributed by atoms with Crippen LogP contribution in [-0.4, -0.2) is 24.1 Å². The summed E-state index contributed by atoms with van der Waals surface area (Å²) in [6, 6.07) is 10.6. The molecule has 2 aliphatic rings. The third-order valence-corrected chi connectivity index (χ3v) is 5.05. The van der Waals surface area contributed by atoms with Crippen LogP contribution in [-0.2, 0) is 10.5 Å². The van der Waals surface area contributed by atoms with Crippen molar-refractivity contribution < 1.29 is 24.2 Å². The van der Waals surface area contributed by atoms with Gasteiger partial charge in [0.2, 0.25) is 5.79 Å². The van der Waals surface area contributed by atoms with Crippen LogP contribution in [0.1, 0.15) is 52.7 Å². The summed E-state index contributed by atoms with van der Waals surface area (Å²) in [6.07, 6.45) is -0.682. The maximum absolute atomic E-state index is 13.1. The molecule has 0 radical (unpaired) electrons. The lowest BCUT2D eigenvalue weighted by Crippen LogP contribution is -2.32. The molecule has 2 N–H and O–H groups in total.